The van der Waals surface area contributed by atoms with Gasteiger partial charge in [0.1, 0.15) is 11.2 Å². The fourth-order valence-electron chi connectivity index (χ4n) is 10.9. The van der Waals surface area contributed by atoms with Crippen LogP contribution in [0.3, 0.4) is 0 Å². The number of carbonyl (C=O) groups is 1. The van der Waals surface area contributed by atoms with Crippen LogP contribution >= 0.6 is 0 Å². The average Bonchev–Trinajstić information content (AvgIpc) is 3.20. The number of hydrogen-bond acceptors (Lipinski definition) is 8. The molecule has 0 unspecified atom stereocenters. The van der Waals surface area contributed by atoms with E-state index in [-0.39, 0.29) is 49.4 Å². The third kappa shape index (κ3) is 3.34. The summed E-state index contributed by atoms with van der Waals surface area (Å²) >= 11 is 0. The highest BCUT2D eigenvalue weighted by Crippen LogP contribution is 2.73. The zero-order chi connectivity index (χ0) is 28.3. The Morgan fingerprint density at radius 2 is 1.72 bits per heavy atom. The number of aliphatic hydroxyl groups is 6. The first-order valence-electron chi connectivity index (χ1n) is 15.2. The minimum Gasteiger partial charge on any atom is -0.396 e. The van der Waals surface area contributed by atoms with Crippen molar-refractivity contribution in [3.05, 3.63) is 11.6 Å². The van der Waals surface area contributed by atoms with Crippen LogP contribution in [0.4, 0.5) is 0 Å². The van der Waals surface area contributed by atoms with Crippen LogP contribution in [0.25, 0.3) is 0 Å². The first kappa shape index (κ1) is 28.3. The van der Waals surface area contributed by atoms with Gasteiger partial charge < -0.3 is 35.4 Å². The zero-order valence-corrected chi connectivity index (χ0v) is 23.8. The predicted octanol–water partition coefficient (Wildman–Crippen LogP) is 1.87. The molecule has 6 aliphatic rings. The molecule has 6 rings (SSSR count). The number of ketones is 1. The summed E-state index contributed by atoms with van der Waals surface area (Å²) in [6.07, 6.45) is 2.55. The third-order valence-corrected chi connectivity index (χ3v) is 13.3. The van der Waals surface area contributed by atoms with E-state index < -0.39 is 63.9 Å². The van der Waals surface area contributed by atoms with Crippen molar-refractivity contribution in [3.8, 4) is 0 Å². The Labute approximate surface area is 231 Å². The lowest BCUT2D eigenvalue weighted by Gasteiger charge is -2.61. The summed E-state index contributed by atoms with van der Waals surface area (Å²) in [4.78, 5) is 13.5. The van der Waals surface area contributed by atoms with Crippen LogP contribution in [-0.4, -0.2) is 84.2 Å². The van der Waals surface area contributed by atoms with Gasteiger partial charge in [-0.3, -0.25) is 4.79 Å². The lowest BCUT2D eigenvalue weighted by Crippen LogP contribution is -2.67. The summed E-state index contributed by atoms with van der Waals surface area (Å²) in [6.45, 7) is 7.87. The Morgan fingerprint density at radius 3 is 2.41 bits per heavy atom. The molecule has 1 saturated heterocycles. The van der Waals surface area contributed by atoms with Crippen molar-refractivity contribution >= 4 is 5.78 Å². The highest BCUT2D eigenvalue weighted by Gasteiger charge is 2.79. The maximum atomic E-state index is 13.5. The second-order valence-electron chi connectivity index (χ2n) is 14.8. The van der Waals surface area contributed by atoms with E-state index >= 15 is 0 Å². The Hall–Kier alpha value is -0.870. The maximum absolute atomic E-state index is 13.5. The number of hydrogen-bond donors (Lipinski definition) is 6. The van der Waals surface area contributed by atoms with Gasteiger partial charge >= 0.3 is 0 Å². The third-order valence-electron chi connectivity index (χ3n) is 13.3. The van der Waals surface area contributed by atoms with Gasteiger partial charge in [-0.05, 0) is 66.9 Å². The Morgan fingerprint density at radius 1 is 1.00 bits per heavy atom. The van der Waals surface area contributed by atoms with Crippen molar-refractivity contribution in [2.75, 3.05) is 6.61 Å². The molecule has 1 aliphatic heterocycles. The van der Waals surface area contributed by atoms with Crippen molar-refractivity contribution in [2.45, 2.75) is 127 Å². The van der Waals surface area contributed by atoms with Crippen LogP contribution in [0.5, 0.6) is 0 Å². The van der Waals surface area contributed by atoms with Gasteiger partial charge in [-0.25, -0.2) is 0 Å². The van der Waals surface area contributed by atoms with Gasteiger partial charge in [0, 0.05) is 36.7 Å². The van der Waals surface area contributed by atoms with E-state index in [0.29, 0.717) is 31.3 Å². The molecule has 8 nitrogen and oxygen atoms in total. The van der Waals surface area contributed by atoms with E-state index in [2.05, 4.69) is 6.92 Å². The van der Waals surface area contributed by atoms with Gasteiger partial charge in [0.05, 0.1) is 30.0 Å². The number of allylic oxidation sites excluding steroid dienone is 1. The molecule has 1 heterocycles. The fraction of sp³-hybridized carbons (Fsp3) is 0.903. The summed E-state index contributed by atoms with van der Waals surface area (Å²) in [7, 11) is 0. The van der Waals surface area contributed by atoms with Crippen LogP contribution in [-0.2, 0) is 9.53 Å². The molecule has 0 amide bonds. The van der Waals surface area contributed by atoms with Crippen LogP contribution < -0.4 is 0 Å². The summed E-state index contributed by atoms with van der Waals surface area (Å²) in [5.74, 6) is -1.02. The van der Waals surface area contributed by atoms with E-state index in [4.69, 9.17) is 4.74 Å². The van der Waals surface area contributed by atoms with E-state index in [0.717, 1.165) is 12.8 Å². The van der Waals surface area contributed by atoms with Gasteiger partial charge in [0.25, 0.3) is 0 Å². The molecule has 8 heteroatoms. The summed E-state index contributed by atoms with van der Waals surface area (Å²) in [5.41, 5.74) is -4.94. The molecule has 0 radical (unpaired) electrons. The number of ether oxygens (including phenoxy) is 1. The molecule has 5 fully saturated rings. The molecule has 1 spiro atoms. The average molecular weight is 549 g/mol. The molecule has 4 saturated carbocycles. The molecule has 5 aliphatic carbocycles. The molecule has 220 valence electrons. The van der Waals surface area contributed by atoms with Crippen LogP contribution in [0.1, 0.15) is 85.5 Å². The van der Waals surface area contributed by atoms with Gasteiger partial charge in [0.15, 0.2) is 5.78 Å². The second-order valence-corrected chi connectivity index (χ2v) is 14.8. The van der Waals surface area contributed by atoms with E-state index in [1.807, 2.05) is 20.8 Å². The number of fused-ring (bicyclic) bond motifs is 7. The van der Waals surface area contributed by atoms with Crippen LogP contribution in [0, 0.1) is 40.4 Å². The van der Waals surface area contributed by atoms with Crippen molar-refractivity contribution in [3.63, 3.8) is 0 Å². The summed E-state index contributed by atoms with van der Waals surface area (Å²) in [6, 6.07) is 0. The molecule has 39 heavy (non-hydrogen) atoms. The zero-order valence-electron chi connectivity index (χ0n) is 23.8. The van der Waals surface area contributed by atoms with Crippen molar-refractivity contribution < 1.29 is 40.2 Å². The molecule has 6 N–H and O–H groups in total. The first-order valence-corrected chi connectivity index (χ1v) is 15.2. The van der Waals surface area contributed by atoms with Gasteiger partial charge in [-0.15, -0.1) is 0 Å². The predicted molar refractivity (Wildman–Crippen MR) is 142 cm³/mol. The van der Waals surface area contributed by atoms with Crippen molar-refractivity contribution in [1.29, 1.82) is 0 Å². The van der Waals surface area contributed by atoms with Crippen molar-refractivity contribution in [1.82, 2.24) is 0 Å². The minimum absolute atomic E-state index is 0.0449. The second kappa shape index (κ2) is 8.82. The SMILES string of the molecule is C[C@H]1[C@H](C)CCC[C@]2(O[C@H]3C[C@@]4(O)C5=CC(=O)[C@@H]6C[C@@H](O)[C@@H](O)C[C@]6(C)[C@H]5CC[C@]4(C)[C@H]3[C@]2(O)CCO)[C@H]1O. The molecule has 0 aromatic rings. The Kier molecular flexibility index (Phi) is 6.39. The first-order chi connectivity index (χ1) is 18.2. The van der Waals surface area contributed by atoms with E-state index in [9.17, 15) is 35.4 Å². The van der Waals surface area contributed by atoms with Crippen LogP contribution in [0.15, 0.2) is 11.6 Å². The summed E-state index contributed by atoms with van der Waals surface area (Å²) < 4.78 is 6.83. The van der Waals surface area contributed by atoms with Gasteiger partial charge in [-0.2, -0.15) is 0 Å². The smallest absolute Gasteiger partial charge is 0.159 e. The molecule has 14 atom stereocenters. The molecule has 0 aromatic heterocycles. The van der Waals surface area contributed by atoms with E-state index in [1.54, 1.807) is 6.08 Å². The highest BCUT2D eigenvalue weighted by molar-refractivity contribution is 5.95. The number of carbonyl (C=O) groups excluding carboxylic acids is 1. The molecular formula is C31H48O8. The lowest BCUT2D eigenvalue weighted by atomic mass is 9.45. The normalized spacial score (nSPS) is 58.8. The standard InChI is InChI=1S/C31H48O8/c1-16-6-5-8-31(26(36)17(16)2)29(37,10-11-32)25-24(39-31)15-30(38)19-12-21(33)20-13-22(34)23(35)14-27(20,3)18(19)7-9-28(25,30)4/h12,16-18,20,22-26,32,34-38H,5-11,13-15H2,1-4H3/t16-,17+,18+,20+,22-,23+,24+,25+,26+,27-,28-,29-,30-,31+/m1/s1. The quantitative estimate of drug-likeness (QED) is 0.307. The Bertz CT molecular complexity index is 1060. The highest BCUT2D eigenvalue weighted by atomic mass is 16.6. The maximum Gasteiger partial charge on any atom is 0.159 e. The fourth-order valence-corrected chi connectivity index (χ4v) is 10.9. The van der Waals surface area contributed by atoms with Crippen molar-refractivity contribution in [2.24, 2.45) is 40.4 Å². The topological polar surface area (TPSA) is 148 Å². The lowest BCUT2D eigenvalue weighted by molar-refractivity contribution is -0.232. The molecule has 0 bridgehead atoms. The largest absolute Gasteiger partial charge is 0.396 e. The van der Waals surface area contributed by atoms with Gasteiger partial charge in [-0.1, -0.05) is 40.5 Å². The minimum atomic E-state index is -1.55. The molecule has 0 aromatic carbocycles. The molecular weight excluding hydrogens is 500 g/mol. The summed E-state index contributed by atoms with van der Waals surface area (Å²) in [5, 5.41) is 68.3. The van der Waals surface area contributed by atoms with E-state index in [1.165, 1.54) is 0 Å². The number of rotatable bonds is 2. The van der Waals surface area contributed by atoms with Crippen LogP contribution in [0.2, 0.25) is 0 Å². The Balaban J connectivity index is 1.43. The number of aliphatic hydroxyl groups excluding tert-OH is 4. The van der Waals surface area contributed by atoms with Gasteiger partial charge in [0.2, 0.25) is 0 Å². The monoisotopic (exact) mass is 548 g/mol.